The molecule has 0 aliphatic rings. The molecule has 5 heteroatoms. The van der Waals surface area contributed by atoms with Crippen LogP contribution in [0.2, 0.25) is 0 Å². The van der Waals surface area contributed by atoms with Crippen LogP contribution in [0.25, 0.3) is 11.4 Å². The van der Waals surface area contributed by atoms with Crippen molar-refractivity contribution in [2.45, 2.75) is 0 Å². The Bertz CT molecular complexity index is 370. The number of nitrogens with zero attached hydrogens (tertiary/aromatic N) is 3. The summed E-state index contributed by atoms with van der Waals surface area (Å²) in [5, 5.41) is 6.70. The van der Waals surface area contributed by atoms with Crippen LogP contribution in [0.5, 0.6) is 0 Å². The highest BCUT2D eigenvalue weighted by Crippen LogP contribution is 2.22. The van der Waals surface area contributed by atoms with Crippen LogP contribution in [0.1, 0.15) is 0 Å². The van der Waals surface area contributed by atoms with Crippen molar-refractivity contribution in [2.75, 3.05) is 0 Å². The first kappa shape index (κ1) is 7.42. The van der Waals surface area contributed by atoms with Crippen LogP contribution in [0.4, 0.5) is 0 Å². The number of rotatable bonds is 1. The summed E-state index contributed by atoms with van der Waals surface area (Å²) in [7, 11) is 0. The van der Waals surface area contributed by atoms with Gasteiger partial charge in [-0.3, -0.25) is 5.10 Å². The summed E-state index contributed by atoms with van der Waals surface area (Å²) in [6.07, 6.45) is 4.88. The SMILES string of the molecule is Brc1cn[nH]c1-c1ccncn1. The van der Waals surface area contributed by atoms with Crippen LogP contribution in [0.15, 0.2) is 29.3 Å². The average molecular weight is 225 g/mol. The smallest absolute Gasteiger partial charge is 0.116 e. The number of halogens is 1. The second-order valence-electron chi connectivity index (χ2n) is 2.19. The van der Waals surface area contributed by atoms with Gasteiger partial charge in [0.25, 0.3) is 0 Å². The number of nitrogens with one attached hydrogen (secondary N) is 1. The van der Waals surface area contributed by atoms with Gasteiger partial charge in [-0.25, -0.2) is 9.97 Å². The third-order valence-corrected chi connectivity index (χ3v) is 2.03. The summed E-state index contributed by atoms with van der Waals surface area (Å²) < 4.78 is 0.904. The molecule has 0 spiro atoms. The lowest BCUT2D eigenvalue weighted by molar-refractivity contribution is 1.08. The van der Waals surface area contributed by atoms with E-state index in [1.807, 2.05) is 6.07 Å². The zero-order valence-corrected chi connectivity index (χ0v) is 7.62. The molecule has 12 heavy (non-hydrogen) atoms. The average Bonchev–Trinajstić information content (AvgIpc) is 2.53. The number of aromatic nitrogens is 4. The summed E-state index contributed by atoms with van der Waals surface area (Å²) >= 11 is 3.35. The lowest BCUT2D eigenvalue weighted by Gasteiger charge is -1.94. The molecule has 0 fully saturated rings. The quantitative estimate of drug-likeness (QED) is 0.802. The molecule has 4 nitrogen and oxygen atoms in total. The van der Waals surface area contributed by atoms with Crippen LogP contribution >= 0.6 is 15.9 Å². The molecule has 0 saturated carbocycles. The van der Waals surface area contributed by atoms with E-state index in [9.17, 15) is 0 Å². The molecular weight excluding hydrogens is 220 g/mol. The van der Waals surface area contributed by atoms with Crippen LogP contribution in [0.3, 0.4) is 0 Å². The van der Waals surface area contributed by atoms with E-state index >= 15 is 0 Å². The maximum atomic E-state index is 4.07. The molecule has 1 N–H and O–H groups in total. The molecule has 0 aromatic carbocycles. The van der Waals surface area contributed by atoms with Crippen molar-refractivity contribution in [2.24, 2.45) is 0 Å². The van der Waals surface area contributed by atoms with Crippen LogP contribution in [0, 0.1) is 0 Å². The van der Waals surface area contributed by atoms with Crippen molar-refractivity contribution >= 4 is 15.9 Å². The minimum absolute atomic E-state index is 0.828. The topological polar surface area (TPSA) is 54.5 Å². The summed E-state index contributed by atoms with van der Waals surface area (Å²) in [6.45, 7) is 0. The van der Waals surface area contributed by atoms with Crippen molar-refractivity contribution in [1.29, 1.82) is 0 Å². The molecule has 60 valence electrons. The van der Waals surface area contributed by atoms with E-state index in [0.717, 1.165) is 15.9 Å². The molecule has 0 atom stereocenters. The van der Waals surface area contributed by atoms with Gasteiger partial charge in [-0.05, 0) is 22.0 Å². The maximum absolute atomic E-state index is 4.07. The fourth-order valence-corrected chi connectivity index (χ4v) is 1.28. The highest BCUT2D eigenvalue weighted by molar-refractivity contribution is 9.10. The predicted octanol–water partition coefficient (Wildman–Crippen LogP) is 1.63. The minimum Gasteiger partial charge on any atom is -0.275 e. The van der Waals surface area contributed by atoms with Gasteiger partial charge >= 0.3 is 0 Å². The summed E-state index contributed by atoms with van der Waals surface area (Å²) in [5.41, 5.74) is 1.70. The lowest BCUT2D eigenvalue weighted by Crippen LogP contribution is -1.84. The third kappa shape index (κ3) is 1.23. The maximum Gasteiger partial charge on any atom is 0.116 e. The van der Waals surface area contributed by atoms with E-state index in [1.54, 1.807) is 12.4 Å². The first-order chi connectivity index (χ1) is 5.88. The van der Waals surface area contributed by atoms with Gasteiger partial charge in [-0.2, -0.15) is 5.10 Å². The molecular formula is C7H5BrN4. The standard InChI is InChI=1S/C7H5BrN4/c8-5-3-11-12-7(5)6-1-2-9-4-10-6/h1-4H,(H,11,12). The Kier molecular flexibility index (Phi) is 1.87. The first-order valence-electron chi connectivity index (χ1n) is 3.33. The van der Waals surface area contributed by atoms with Gasteiger partial charge in [0, 0.05) is 6.20 Å². The molecule has 0 unspecified atom stereocenters. The van der Waals surface area contributed by atoms with Crippen LogP contribution < -0.4 is 0 Å². The van der Waals surface area contributed by atoms with E-state index < -0.39 is 0 Å². The molecule has 2 rings (SSSR count). The van der Waals surface area contributed by atoms with E-state index in [2.05, 4.69) is 36.1 Å². The molecule has 2 aromatic rings. The predicted molar refractivity (Wildman–Crippen MR) is 47.3 cm³/mol. The highest BCUT2D eigenvalue weighted by Gasteiger charge is 2.04. The molecule has 2 heterocycles. The zero-order valence-electron chi connectivity index (χ0n) is 6.03. The normalized spacial score (nSPS) is 10.1. The molecule has 0 amide bonds. The second-order valence-corrected chi connectivity index (χ2v) is 3.04. The fraction of sp³-hybridized carbons (Fsp3) is 0. The van der Waals surface area contributed by atoms with Gasteiger partial charge in [0.05, 0.1) is 22.1 Å². The third-order valence-electron chi connectivity index (χ3n) is 1.43. The second kappa shape index (κ2) is 3.02. The van der Waals surface area contributed by atoms with Crippen LogP contribution in [-0.4, -0.2) is 20.2 Å². The van der Waals surface area contributed by atoms with Crippen molar-refractivity contribution < 1.29 is 0 Å². The van der Waals surface area contributed by atoms with Gasteiger partial charge in [-0.1, -0.05) is 0 Å². The lowest BCUT2D eigenvalue weighted by atomic mass is 10.3. The van der Waals surface area contributed by atoms with E-state index in [1.165, 1.54) is 6.33 Å². The van der Waals surface area contributed by atoms with E-state index in [0.29, 0.717) is 0 Å². The summed E-state index contributed by atoms with van der Waals surface area (Å²) in [4.78, 5) is 7.89. The van der Waals surface area contributed by atoms with Crippen LogP contribution in [-0.2, 0) is 0 Å². The zero-order chi connectivity index (χ0) is 8.39. The minimum atomic E-state index is 0.828. The Labute approximate surface area is 77.2 Å². The number of H-pyrrole nitrogens is 1. The molecule has 0 aliphatic carbocycles. The van der Waals surface area contributed by atoms with E-state index in [-0.39, 0.29) is 0 Å². The Balaban J connectivity index is 2.51. The molecule has 0 radical (unpaired) electrons. The largest absolute Gasteiger partial charge is 0.275 e. The van der Waals surface area contributed by atoms with Crippen molar-refractivity contribution in [3.8, 4) is 11.4 Å². The van der Waals surface area contributed by atoms with Crippen molar-refractivity contribution in [1.82, 2.24) is 20.2 Å². The fourth-order valence-electron chi connectivity index (χ4n) is 0.890. The first-order valence-corrected chi connectivity index (χ1v) is 4.12. The summed E-state index contributed by atoms with van der Waals surface area (Å²) in [5.74, 6) is 0. The van der Waals surface area contributed by atoms with Gasteiger partial charge < -0.3 is 0 Å². The molecule has 2 aromatic heterocycles. The Morgan fingerprint density at radius 1 is 1.42 bits per heavy atom. The Morgan fingerprint density at radius 3 is 2.92 bits per heavy atom. The molecule has 0 aliphatic heterocycles. The summed E-state index contributed by atoms with van der Waals surface area (Å²) in [6, 6.07) is 1.82. The van der Waals surface area contributed by atoms with Gasteiger partial charge in [0.15, 0.2) is 0 Å². The van der Waals surface area contributed by atoms with Gasteiger partial charge in [0.2, 0.25) is 0 Å². The van der Waals surface area contributed by atoms with Gasteiger partial charge in [0.1, 0.15) is 6.33 Å². The van der Waals surface area contributed by atoms with E-state index in [4.69, 9.17) is 0 Å². The number of hydrogen-bond acceptors (Lipinski definition) is 3. The number of hydrogen-bond donors (Lipinski definition) is 1. The monoisotopic (exact) mass is 224 g/mol. The molecule has 0 bridgehead atoms. The van der Waals surface area contributed by atoms with Crippen molar-refractivity contribution in [3.63, 3.8) is 0 Å². The Hall–Kier alpha value is -1.23. The number of aromatic amines is 1. The van der Waals surface area contributed by atoms with Gasteiger partial charge in [-0.15, -0.1) is 0 Å². The highest BCUT2D eigenvalue weighted by atomic mass is 79.9. The Morgan fingerprint density at radius 2 is 2.33 bits per heavy atom. The van der Waals surface area contributed by atoms with Crippen molar-refractivity contribution in [3.05, 3.63) is 29.3 Å². The molecule has 0 saturated heterocycles.